The third kappa shape index (κ3) is 4.85. The van der Waals surface area contributed by atoms with Crippen molar-refractivity contribution >= 4 is 23.8 Å². The highest BCUT2D eigenvalue weighted by molar-refractivity contribution is 6.33. The fourth-order valence-electron chi connectivity index (χ4n) is 3.63. The molecular formula is C20H23ClN4O5. The van der Waals surface area contributed by atoms with Gasteiger partial charge in [0, 0.05) is 5.92 Å². The first-order valence-corrected chi connectivity index (χ1v) is 10.2. The number of nitrogens with zero attached hydrogens (tertiary/aromatic N) is 3. The Morgan fingerprint density at radius 1 is 1.27 bits per heavy atom. The van der Waals surface area contributed by atoms with Crippen LogP contribution >= 0.6 is 11.6 Å². The third-order valence-corrected chi connectivity index (χ3v) is 5.61. The van der Waals surface area contributed by atoms with Crippen LogP contribution in [0.2, 0.25) is 5.02 Å². The van der Waals surface area contributed by atoms with Gasteiger partial charge in [-0.25, -0.2) is 4.79 Å². The molecule has 0 bridgehead atoms. The molecule has 0 aliphatic heterocycles. The van der Waals surface area contributed by atoms with Gasteiger partial charge in [-0.1, -0.05) is 37.3 Å². The first-order chi connectivity index (χ1) is 14.4. The van der Waals surface area contributed by atoms with Gasteiger partial charge in [-0.3, -0.25) is 14.2 Å². The van der Waals surface area contributed by atoms with Crippen LogP contribution in [-0.2, 0) is 11.3 Å². The first kappa shape index (κ1) is 21.9. The minimum Gasteiger partial charge on any atom is -0.373 e. The topological polar surface area (TPSA) is 123 Å². The van der Waals surface area contributed by atoms with Crippen molar-refractivity contribution in [1.82, 2.24) is 19.7 Å². The average Bonchev–Trinajstić information content (AvgIpc) is 3.01. The van der Waals surface area contributed by atoms with E-state index in [1.807, 2.05) is 0 Å². The van der Waals surface area contributed by atoms with Gasteiger partial charge < -0.3 is 15.2 Å². The number of carbonyl (C=O) groups excluding carboxylic acids is 2. The van der Waals surface area contributed by atoms with E-state index in [0.717, 1.165) is 54.0 Å². The summed E-state index contributed by atoms with van der Waals surface area (Å²) in [4.78, 5) is 47.7. The summed E-state index contributed by atoms with van der Waals surface area (Å²) in [5, 5.41) is 17.0. The van der Waals surface area contributed by atoms with E-state index in [1.54, 1.807) is 0 Å². The molecule has 1 saturated carbocycles. The number of carbonyl (C=O) groups is 2. The molecule has 1 aromatic carbocycles. The molecule has 1 unspecified atom stereocenters. The Hall–Kier alpha value is -2.78. The van der Waals surface area contributed by atoms with E-state index in [9.17, 15) is 24.3 Å². The number of hydrogen-bond acceptors (Lipinski definition) is 6. The lowest BCUT2D eigenvalue weighted by atomic mass is 9.98. The van der Waals surface area contributed by atoms with Crippen LogP contribution in [0.5, 0.6) is 0 Å². The van der Waals surface area contributed by atoms with Crippen LogP contribution in [0.3, 0.4) is 0 Å². The molecule has 1 fully saturated rings. The molecule has 2 N–H and O–H groups in total. The molecule has 3 rings (SSSR count). The maximum atomic E-state index is 12.7. The second kappa shape index (κ2) is 9.82. The summed E-state index contributed by atoms with van der Waals surface area (Å²) in [5.41, 5.74) is -1.27. The van der Waals surface area contributed by atoms with E-state index in [1.165, 1.54) is 18.2 Å². The zero-order valence-electron chi connectivity index (χ0n) is 16.3. The number of rotatable bonds is 6. The van der Waals surface area contributed by atoms with Crippen LogP contribution < -0.4 is 16.6 Å². The van der Waals surface area contributed by atoms with Gasteiger partial charge in [0.2, 0.25) is 0 Å². The number of nitrogens with one attached hydrogen (secondary N) is 1. The Morgan fingerprint density at radius 3 is 2.63 bits per heavy atom. The van der Waals surface area contributed by atoms with Crippen molar-refractivity contribution in [1.29, 1.82) is 0 Å². The maximum Gasteiger partial charge on any atom is 0.352 e. The fraction of sp³-hybridized carbons (Fsp3) is 0.450. The van der Waals surface area contributed by atoms with Crippen LogP contribution in [0.15, 0.2) is 34.0 Å². The van der Waals surface area contributed by atoms with Gasteiger partial charge in [-0.05, 0) is 31.0 Å². The second-order valence-electron chi connectivity index (χ2n) is 7.29. The molecule has 1 aromatic heterocycles. The summed E-state index contributed by atoms with van der Waals surface area (Å²) in [5.74, 6) is -0.595. The number of halogens is 1. The molecule has 9 nitrogen and oxygen atoms in total. The van der Waals surface area contributed by atoms with Gasteiger partial charge in [0.25, 0.3) is 11.5 Å². The van der Waals surface area contributed by atoms with Crippen molar-refractivity contribution in [2.24, 2.45) is 5.92 Å². The van der Waals surface area contributed by atoms with Crippen LogP contribution in [0, 0.1) is 5.92 Å². The lowest BCUT2D eigenvalue weighted by molar-refractivity contribution is -0.108. The molecule has 0 radical (unpaired) electrons. The molecule has 0 spiro atoms. The number of aliphatic hydroxyl groups excluding tert-OH is 1. The standard InChI is InChI=1S/C20H23ClN4O5/c21-16-8-7-14(25-20(30)24(9-10-26)17(27)12-22-25)11-15(16)19(29)23-18(28)13-5-3-1-2-4-6-13/h7-8,10-13,18,28H,1-6,9H2,(H,23,29). The lowest BCUT2D eigenvalue weighted by Gasteiger charge is -2.22. The lowest BCUT2D eigenvalue weighted by Crippen LogP contribution is -2.41. The van der Waals surface area contributed by atoms with E-state index in [2.05, 4.69) is 10.4 Å². The van der Waals surface area contributed by atoms with Crippen molar-refractivity contribution in [3.8, 4) is 5.69 Å². The fourth-order valence-corrected chi connectivity index (χ4v) is 3.83. The predicted octanol–water partition coefficient (Wildman–Crippen LogP) is 1.27. The summed E-state index contributed by atoms with van der Waals surface area (Å²) >= 11 is 6.17. The quantitative estimate of drug-likeness (QED) is 0.401. The largest absolute Gasteiger partial charge is 0.373 e. The van der Waals surface area contributed by atoms with Crippen LogP contribution in [-0.4, -0.2) is 37.9 Å². The number of amides is 1. The van der Waals surface area contributed by atoms with Gasteiger partial charge in [-0.2, -0.15) is 9.78 Å². The molecule has 1 amide bonds. The number of aldehydes is 1. The molecule has 0 saturated heterocycles. The second-order valence-corrected chi connectivity index (χ2v) is 7.70. The van der Waals surface area contributed by atoms with Gasteiger partial charge in [0.15, 0.2) is 0 Å². The third-order valence-electron chi connectivity index (χ3n) is 5.28. The van der Waals surface area contributed by atoms with E-state index in [-0.39, 0.29) is 22.2 Å². The Labute approximate surface area is 177 Å². The van der Waals surface area contributed by atoms with E-state index < -0.39 is 29.9 Å². The number of hydrogen-bond donors (Lipinski definition) is 2. The van der Waals surface area contributed by atoms with Gasteiger partial charge >= 0.3 is 5.69 Å². The average molecular weight is 435 g/mol. The summed E-state index contributed by atoms with van der Waals surface area (Å²) in [6.45, 7) is -0.408. The number of benzene rings is 1. The van der Waals surface area contributed by atoms with E-state index in [4.69, 9.17) is 11.6 Å². The SMILES string of the molecule is O=CCn1c(=O)cnn(-c2ccc(Cl)c(C(=O)NC(O)C3CCCCCC3)c2)c1=O. The molecule has 10 heteroatoms. The normalized spacial score (nSPS) is 15.9. The van der Waals surface area contributed by atoms with Crippen molar-refractivity contribution in [3.63, 3.8) is 0 Å². The maximum absolute atomic E-state index is 12.7. The minimum atomic E-state index is -0.995. The molecular weight excluding hydrogens is 412 g/mol. The molecule has 1 aliphatic carbocycles. The molecule has 160 valence electrons. The van der Waals surface area contributed by atoms with Crippen LogP contribution in [0.1, 0.15) is 48.9 Å². The summed E-state index contributed by atoms with van der Waals surface area (Å²) in [6, 6.07) is 4.24. The smallest absolute Gasteiger partial charge is 0.352 e. The monoisotopic (exact) mass is 434 g/mol. The Balaban J connectivity index is 1.87. The molecule has 1 atom stereocenters. The Kier molecular flexibility index (Phi) is 7.17. The predicted molar refractivity (Wildman–Crippen MR) is 110 cm³/mol. The number of aromatic nitrogens is 3. The van der Waals surface area contributed by atoms with Crippen LogP contribution in [0.25, 0.3) is 5.69 Å². The minimum absolute atomic E-state index is 0.0189. The van der Waals surface area contributed by atoms with Gasteiger partial charge in [0.1, 0.15) is 18.7 Å². The summed E-state index contributed by atoms with van der Waals surface area (Å²) < 4.78 is 1.63. The highest BCUT2D eigenvalue weighted by Gasteiger charge is 2.24. The summed E-state index contributed by atoms with van der Waals surface area (Å²) in [6.07, 6.45) is 6.30. The molecule has 1 aliphatic rings. The first-order valence-electron chi connectivity index (χ1n) is 9.84. The van der Waals surface area contributed by atoms with Crippen LogP contribution in [0.4, 0.5) is 0 Å². The van der Waals surface area contributed by atoms with Gasteiger partial charge in [0.05, 0.1) is 22.8 Å². The van der Waals surface area contributed by atoms with E-state index >= 15 is 0 Å². The zero-order chi connectivity index (χ0) is 21.7. The molecule has 2 aromatic rings. The zero-order valence-corrected chi connectivity index (χ0v) is 17.0. The van der Waals surface area contributed by atoms with E-state index in [0.29, 0.717) is 6.29 Å². The number of aliphatic hydroxyl groups is 1. The van der Waals surface area contributed by atoms with Gasteiger partial charge in [-0.15, -0.1) is 0 Å². The van der Waals surface area contributed by atoms with Crippen molar-refractivity contribution < 1.29 is 14.7 Å². The molecule has 30 heavy (non-hydrogen) atoms. The summed E-state index contributed by atoms with van der Waals surface area (Å²) in [7, 11) is 0. The van der Waals surface area contributed by atoms with Crippen molar-refractivity contribution in [3.05, 3.63) is 55.8 Å². The molecule has 1 heterocycles. The van der Waals surface area contributed by atoms with Crippen molar-refractivity contribution in [2.45, 2.75) is 51.3 Å². The highest BCUT2D eigenvalue weighted by Crippen LogP contribution is 2.25. The highest BCUT2D eigenvalue weighted by atomic mass is 35.5. The Morgan fingerprint density at radius 2 is 1.97 bits per heavy atom. The van der Waals surface area contributed by atoms with Crippen molar-refractivity contribution in [2.75, 3.05) is 0 Å². The Bertz CT molecular complexity index is 1040.